The summed E-state index contributed by atoms with van der Waals surface area (Å²) in [6.07, 6.45) is 1.78. The van der Waals surface area contributed by atoms with Crippen LogP contribution in [0.25, 0.3) is 0 Å². The van der Waals surface area contributed by atoms with Crippen molar-refractivity contribution in [3.8, 4) is 0 Å². The van der Waals surface area contributed by atoms with Crippen LogP contribution in [0.1, 0.15) is 40.0 Å². The number of piperidine rings is 1. The highest BCUT2D eigenvalue weighted by Crippen LogP contribution is 2.37. The van der Waals surface area contributed by atoms with Gasteiger partial charge in [-0.05, 0) is 52.2 Å². The van der Waals surface area contributed by atoms with Crippen molar-refractivity contribution in [2.45, 2.75) is 51.8 Å². The molecule has 2 fully saturated rings. The predicted octanol–water partition coefficient (Wildman–Crippen LogP) is 3.59. The number of nitrogens with zero attached hydrogens (tertiary/aromatic N) is 3. The number of benzene rings is 1. The van der Waals surface area contributed by atoms with E-state index < -0.39 is 11.7 Å². The molecule has 0 aliphatic carbocycles. The van der Waals surface area contributed by atoms with Gasteiger partial charge in [0.05, 0.1) is 18.1 Å². The van der Waals surface area contributed by atoms with E-state index in [0.717, 1.165) is 12.8 Å². The van der Waals surface area contributed by atoms with Crippen LogP contribution in [-0.2, 0) is 9.47 Å². The van der Waals surface area contributed by atoms with Gasteiger partial charge < -0.3 is 19.7 Å². The summed E-state index contributed by atoms with van der Waals surface area (Å²) in [5.74, 6) is 0. The molecule has 2 aliphatic heterocycles. The van der Waals surface area contributed by atoms with Gasteiger partial charge in [0.25, 0.3) is 0 Å². The van der Waals surface area contributed by atoms with Crippen molar-refractivity contribution in [2.24, 2.45) is 0 Å². The Labute approximate surface area is 171 Å². The number of ether oxygens (including phenoxy) is 2. The van der Waals surface area contributed by atoms with Crippen LogP contribution in [0.2, 0.25) is 0 Å². The van der Waals surface area contributed by atoms with E-state index in [1.54, 1.807) is 23.1 Å². The highest BCUT2D eigenvalue weighted by Gasteiger charge is 2.33. The van der Waals surface area contributed by atoms with E-state index in [2.05, 4.69) is 5.32 Å². The highest BCUT2D eigenvalue weighted by molar-refractivity contribution is 5.78. The van der Waals surface area contributed by atoms with Crippen molar-refractivity contribution >= 4 is 23.2 Å². The van der Waals surface area contributed by atoms with Crippen molar-refractivity contribution in [3.63, 3.8) is 0 Å². The number of para-hydroxylation sites is 1. The standard InChI is InChI=1S/C20H30N4O5/c1-20(2,3)29-19(25)23-10-5-4-9-17(23)21-15-7-6-8-16(18(15)24(26)27)22-11-13-28-14-12-22/h6-8,17,21H,4-5,9-14H2,1-3H3. The Kier molecular flexibility index (Phi) is 6.46. The third kappa shape index (κ3) is 5.29. The average Bonchev–Trinajstić information content (AvgIpc) is 2.67. The van der Waals surface area contributed by atoms with Gasteiger partial charge in [-0.1, -0.05) is 6.07 Å². The Hall–Kier alpha value is -2.55. The summed E-state index contributed by atoms with van der Waals surface area (Å²) in [6.45, 7) is 8.35. The van der Waals surface area contributed by atoms with Gasteiger partial charge in [-0.15, -0.1) is 0 Å². The fraction of sp³-hybridized carbons (Fsp3) is 0.650. The number of anilines is 2. The van der Waals surface area contributed by atoms with E-state index in [1.807, 2.05) is 25.7 Å². The first kappa shape index (κ1) is 21.2. The summed E-state index contributed by atoms with van der Waals surface area (Å²) >= 11 is 0. The molecule has 0 radical (unpaired) electrons. The minimum Gasteiger partial charge on any atom is -0.444 e. The fourth-order valence-corrected chi connectivity index (χ4v) is 3.70. The maximum absolute atomic E-state index is 12.7. The summed E-state index contributed by atoms with van der Waals surface area (Å²) in [6, 6.07) is 5.27. The Morgan fingerprint density at radius 3 is 2.62 bits per heavy atom. The number of amides is 1. The van der Waals surface area contributed by atoms with E-state index in [1.165, 1.54) is 0 Å². The lowest BCUT2D eigenvalue weighted by Crippen LogP contribution is -2.49. The molecule has 2 saturated heterocycles. The molecule has 0 aromatic heterocycles. The van der Waals surface area contributed by atoms with Crippen molar-refractivity contribution < 1.29 is 19.2 Å². The third-order valence-electron chi connectivity index (χ3n) is 5.00. The molecule has 2 heterocycles. The molecule has 1 atom stereocenters. The molecular formula is C20H30N4O5. The molecule has 1 aromatic rings. The smallest absolute Gasteiger partial charge is 0.411 e. The van der Waals surface area contributed by atoms with Crippen LogP contribution in [0.3, 0.4) is 0 Å². The van der Waals surface area contributed by atoms with Crippen LogP contribution >= 0.6 is 0 Å². The number of carbonyl (C=O) groups is 1. The normalized spacial score (nSPS) is 20.3. The zero-order chi connectivity index (χ0) is 21.0. The molecule has 0 bridgehead atoms. The maximum atomic E-state index is 12.7. The second kappa shape index (κ2) is 8.86. The van der Waals surface area contributed by atoms with Gasteiger partial charge in [0.1, 0.15) is 23.1 Å². The molecule has 1 aromatic carbocycles. The Morgan fingerprint density at radius 1 is 1.24 bits per heavy atom. The molecule has 29 heavy (non-hydrogen) atoms. The number of morpholine rings is 1. The van der Waals surface area contributed by atoms with Gasteiger partial charge in [-0.2, -0.15) is 0 Å². The van der Waals surface area contributed by atoms with Crippen LogP contribution in [0, 0.1) is 10.1 Å². The van der Waals surface area contributed by atoms with Crippen LogP contribution in [0.4, 0.5) is 21.9 Å². The summed E-state index contributed by atoms with van der Waals surface area (Å²) in [5.41, 5.74) is 0.424. The van der Waals surface area contributed by atoms with Crippen molar-refractivity contribution in [3.05, 3.63) is 28.3 Å². The van der Waals surface area contributed by atoms with Crippen molar-refractivity contribution in [2.75, 3.05) is 43.1 Å². The van der Waals surface area contributed by atoms with Gasteiger partial charge in [0.15, 0.2) is 0 Å². The summed E-state index contributed by atoms with van der Waals surface area (Å²) in [4.78, 5) is 27.8. The molecular weight excluding hydrogens is 376 g/mol. The van der Waals surface area contributed by atoms with Crippen LogP contribution in [0.5, 0.6) is 0 Å². The first-order valence-electron chi connectivity index (χ1n) is 10.1. The average molecular weight is 406 g/mol. The van der Waals surface area contributed by atoms with Crippen molar-refractivity contribution in [1.82, 2.24) is 4.90 Å². The van der Waals surface area contributed by atoms with Gasteiger partial charge in [-0.25, -0.2) is 4.79 Å². The van der Waals surface area contributed by atoms with E-state index in [0.29, 0.717) is 50.6 Å². The molecule has 0 saturated carbocycles. The lowest BCUT2D eigenvalue weighted by atomic mass is 10.1. The quantitative estimate of drug-likeness (QED) is 0.603. The SMILES string of the molecule is CC(C)(C)OC(=O)N1CCCCC1Nc1cccc(N2CCOCC2)c1[N+](=O)[O-]. The molecule has 1 N–H and O–H groups in total. The zero-order valence-electron chi connectivity index (χ0n) is 17.3. The molecule has 9 heteroatoms. The zero-order valence-corrected chi connectivity index (χ0v) is 17.3. The number of carbonyl (C=O) groups excluding carboxylic acids is 1. The number of likely N-dealkylation sites (tertiary alicyclic amines) is 1. The van der Waals surface area contributed by atoms with E-state index in [9.17, 15) is 14.9 Å². The minimum atomic E-state index is -0.596. The number of hydrogen-bond acceptors (Lipinski definition) is 7. The monoisotopic (exact) mass is 406 g/mol. The van der Waals surface area contributed by atoms with Gasteiger partial charge in [-0.3, -0.25) is 15.0 Å². The number of nitrogens with one attached hydrogen (secondary N) is 1. The molecule has 1 amide bonds. The van der Waals surface area contributed by atoms with Gasteiger partial charge >= 0.3 is 11.8 Å². The maximum Gasteiger partial charge on any atom is 0.411 e. The first-order chi connectivity index (χ1) is 13.8. The molecule has 3 rings (SSSR count). The van der Waals surface area contributed by atoms with E-state index in [4.69, 9.17) is 9.47 Å². The van der Waals surface area contributed by atoms with Crippen LogP contribution < -0.4 is 10.2 Å². The summed E-state index contributed by atoms with van der Waals surface area (Å²) < 4.78 is 10.9. The van der Waals surface area contributed by atoms with Crippen LogP contribution in [-0.4, -0.2) is 60.5 Å². The topological polar surface area (TPSA) is 97.2 Å². The number of rotatable bonds is 4. The third-order valence-corrected chi connectivity index (χ3v) is 5.00. The molecule has 2 aliphatic rings. The second-order valence-electron chi connectivity index (χ2n) is 8.36. The lowest BCUT2D eigenvalue weighted by molar-refractivity contribution is -0.383. The first-order valence-corrected chi connectivity index (χ1v) is 10.1. The number of nitro groups is 1. The van der Waals surface area contributed by atoms with Gasteiger partial charge in [0, 0.05) is 19.6 Å². The van der Waals surface area contributed by atoms with Crippen LogP contribution in [0.15, 0.2) is 18.2 Å². The largest absolute Gasteiger partial charge is 0.444 e. The van der Waals surface area contributed by atoms with Crippen molar-refractivity contribution in [1.29, 1.82) is 0 Å². The number of hydrogen-bond donors (Lipinski definition) is 1. The molecule has 1 unspecified atom stereocenters. The molecule has 9 nitrogen and oxygen atoms in total. The van der Waals surface area contributed by atoms with E-state index >= 15 is 0 Å². The summed E-state index contributed by atoms with van der Waals surface area (Å²) in [5, 5.41) is 15.2. The number of nitro benzene ring substituents is 1. The lowest BCUT2D eigenvalue weighted by Gasteiger charge is -2.37. The minimum absolute atomic E-state index is 0.0316. The predicted molar refractivity (Wildman–Crippen MR) is 110 cm³/mol. The second-order valence-corrected chi connectivity index (χ2v) is 8.36. The molecule has 0 spiro atoms. The highest BCUT2D eigenvalue weighted by atomic mass is 16.6. The molecule has 160 valence electrons. The Morgan fingerprint density at radius 2 is 1.97 bits per heavy atom. The fourth-order valence-electron chi connectivity index (χ4n) is 3.70. The summed E-state index contributed by atoms with van der Waals surface area (Å²) in [7, 11) is 0. The Balaban J connectivity index is 1.85. The van der Waals surface area contributed by atoms with E-state index in [-0.39, 0.29) is 16.8 Å². The van der Waals surface area contributed by atoms with Gasteiger partial charge in [0.2, 0.25) is 0 Å². The Bertz CT molecular complexity index is 743.